The Hall–Kier alpha value is 3.10. The Labute approximate surface area is 184 Å². The largest absolute Gasteiger partial charge is 0.394 e. The second kappa shape index (κ2) is 16.5. The van der Waals surface area contributed by atoms with Gasteiger partial charge in [-0.2, -0.15) is 25.3 Å². The Kier molecular flexibility index (Phi) is 34.2. The van der Waals surface area contributed by atoms with Crippen molar-refractivity contribution >= 4 is 31.2 Å². The van der Waals surface area contributed by atoms with Crippen LogP contribution in [0, 0.1) is 38.6 Å². The molecule has 0 spiro atoms. The van der Waals surface area contributed by atoms with Crippen LogP contribution in [0.2, 0.25) is 0 Å². The molecule has 0 aromatic rings. The molecule has 0 rings (SSSR count). The minimum atomic E-state index is -4.67. The molecule has 0 atom stereocenters. The van der Waals surface area contributed by atoms with E-state index >= 15 is 0 Å². The first-order valence-electron chi connectivity index (χ1n) is 2.10. The summed E-state index contributed by atoms with van der Waals surface area (Å²) in [6.45, 7) is 0. The zero-order chi connectivity index (χ0) is 13.5. The minimum Gasteiger partial charge on any atom is -0.264 e. The molecule has 0 aliphatic rings. The van der Waals surface area contributed by atoms with Gasteiger partial charge in [0.25, 0.3) is 0 Å². The molecule has 0 amide bonds. The Bertz CT molecular complexity index is 346. The van der Waals surface area contributed by atoms with Gasteiger partial charge in [-0.1, -0.05) is 0 Å². The third kappa shape index (κ3) is 650. The normalized spacial score (nSPS) is 9.67. The van der Waals surface area contributed by atoms with Crippen molar-refractivity contribution in [1.29, 1.82) is 0 Å². The fourth-order valence-corrected chi connectivity index (χ4v) is 0. The Balaban J connectivity index is -0.0000000277. The van der Waals surface area contributed by atoms with Crippen molar-refractivity contribution < 1.29 is 157 Å². The molecule has 0 aliphatic heterocycles. The van der Waals surface area contributed by atoms with E-state index in [1.807, 2.05) is 0 Å². The summed E-state index contributed by atoms with van der Waals surface area (Å²) in [6.07, 6.45) is 0. The summed E-state index contributed by atoms with van der Waals surface area (Å²) in [5, 5.41) is 0. The summed E-state index contributed by atoms with van der Waals surface area (Å²) in [5.74, 6) is 0. The van der Waals surface area contributed by atoms with Crippen LogP contribution in [-0.4, -0.2) is 52.6 Å². The van der Waals surface area contributed by atoms with Crippen LogP contribution in [0.4, 0.5) is 0 Å². The first-order valence-corrected chi connectivity index (χ1v) is 6.29. The maximum atomic E-state index is 8.74. The second-order valence-corrected chi connectivity index (χ2v) is 4.03. The fraction of sp³-hybridized carbons (Fsp3) is 0. The van der Waals surface area contributed by atoms with Gasteiger partial charge in [0.05, 0.1) is 0 Å². The molecule has 0 fully saturated rings. The van der Waals surface area contributed by atoms with Gasteiger partial charge in [0.1, 0.15) is 0 Å². The third-order valence-electron chi connectivity index (χ3n) is 0. The van der Waals surface area contributed by atoms with Gasteiger partial charge < -0.3 is 0 Å². The van der Waals surface area contributed by atoms with Crippen LogP contribution < -0.4 is 0 Å². The number of hydrogen-bond acceptors (Lipinski definition) is 6. The zero-order valence-corrected chi connectivity index (χ0v) is 18.1. The van der Waals surface area contributed by atoms with Crippen molar-refractivity contribution in [3.05, 3.63) is 0 Å². The van der Waals surface area contributed by atoms with Crippen LogP contribution in [-0.2, 0) is 96.6 Å². The topological polar surface area (TPSA) is 224 Å². The average molecular weight is 631 g/mol. The van der Waals surface area contributed by atoms with Gasteiger partial charge in [-0.15, -0.1) is 0 Å². The van der Waals surface area contributed by atoms with Crippen LogP contribution in [0.1, 0.15) is 0 Å². The monoisotopic (exact) mass is 631 g/mol. The van der Waals surface area contributed by atoms with E-state index in [0.717, 1.165) is 0 Å². The molecule has 0 heterocycles. The van der Waals surface area contributed by atoms with Crippen LogP contribution in [0.5, 0.6) is 0 Å². The zero-order valence-electron chi connectivity index (χ0n) is 7.85. The smallest absolute Gasteiger partial charge is 0.264 e. The standard InChI is InChI=1S/3H2O4S.Tb.2Y/c3*1-5(2,3)4;;;/h3*(H2,1,2,3,4);;;. The quantitative estimate of drug-likeness (QED) is 0.160. The van der Waals surface area contributed by atoms with Gasteiger partial charge >= 0.3 is 31.2 Å². The van der Waals surface area contributed by atoms with E-state index in [0.29, 0.717) is 0 Å². The predicted octanol–water partition coefficient (Wildman–Crippen LogP) is -1.96. The molecule has 0 aromatic heterocycles. The Morgan fingerprint density at radius 1 is 0.444 bits per heavy atom. The first kappa shape index (κ1) is 37.4. The minimum absolute atomic E-state index is 0. The van der Waals surface area contributed by atoms with Crippen molar-refractivity contribution in [1.82, 2.24) is 0 Å². The van der Waals surface area contributed by atoms with E-state index < -0.39 is 31.2 Å². The number of hydrogen-bond donors (Lipinski definition) is 6. The van der Waals surface area contributed by atoms with Crippen molar-refractivity contribution in [3.63, 3.8) is 0 Å². The van der Waals surface area contributed by atoms with Gasteiger partial charge in [-0.05, 0) is 0 Å². The molecule has 12 nitrogen and oxygen atoms in total. The molecule has 0 aromatic carbocycles. The summed E-state index contributed by atoms with van der Waals surface area (Å²) in [4.78, 5) is 0. The molecular formula is H6O12S3TbY2. The molecule has 0 unspecified atom stereocenters. The van der Waals surface area contributed by atoms with E-state index in [4.69, 9.17) is 52.6 Å². The third-order valence-corrected chi connectivity index (χ3v) is 0. The summed E-state index contributed by atoms with van der Waals surface area (Å²) >= 11 is 0. The molecule has 18 heteroatoms. The Morgan fingerprint density at radius 2 is 0.444 bits per heavy atom. The fourth-order valence-electron chi connectivity index (χ4n) is 0. The maximum absolute atomic E-state index is 8.74. The summed E-state index contributed by atoms with van der Waals surface area (Å²) in [7, 11) is -14.0. The van der Waals surface area contributed by atoms with Crippen molar-refractivity contribution in [2.24, 2.45) is 0 Å². The van der Waals surface area contributed by atoms with Crippen LogP contribution in [0.25, 0.3) is 0 Å². The van der Waals surface area contributed by atoms with Crippen LogP contribution >= 0.6 is 0 Å². The molecule has 0 saturated heterocycles. The van der Waals surface area contributed by atoms with Crippen LogP contribution in [0.15, 0.2) is 0 Å². The van der Waals surface area contributed by atoms with Crippen LogP contribution in [0.3, 0.4) is 0 Å². The van der Waals surface area contributed by atoms with E-state index in [1.165, 1.54) is 0 Å². The molecule has 3 radical (unpaired) electrons. The number of rotatable bonds is 0. The molecule has 0 aliphatic carbocycles. The molecule has 0 saturated carbocycles. The Morgan fingerprint density at radius 3 is 0.444 bits per heavy atom. The van der Waals surface area contributed by atoms with E-state index in [9.17, 15) is 0 Å². The summed E-state index contributed by atoms with van der Waals surface area (Å²) in [5.41, 5.74) is 0. The summed E-state index contributed by atoms with van der Waals surface area (Å²) < 4.78 is 94.8. The van der Waals surface area contributed by atoms with E-state index in [-0.39, 0.29) is 104 Å². The van der Waals surface area contributed by atoms with Gasteiger partial charge in [0.2, 0.25) is 0 Å². The first-order chi connectivity index (χ1) is 6.00. The van der Waals surface area contributed by atoms with Gasteiger partial charge in [-0.25, -0.2) is 0 Å². The summed E-state index contributed by atoms with van der Waals surface area (Å²) in [6, 6.07) is 0. The van der Waals surface area contributed by atoms with E-state index in [2.05, 4.69) is 0 Å². The molecular weight excluding hydrogens is 625 g/mol. The molecule has 6 N–H and O–H groups in total. The second-order valence-electron chi connectivity index (χ2n) is 1.34. The maximum Gasteiger partial charge on any atom is 0.394 e. The molecule has 0 bridgehead atoms. The van der Waals surface area contributed by atoms with Crippen molar-refractivity contribution in [2.75, 3.05) is 0 Å². The molecule has 18 heavy (non-hydrogen) atoms. The van der Waals surface area contributed by atoms with E-state index in [1.54, 1.807) is 0 Å². The average Bonchev–Trinajstić information content (AvgIpc) is 1.41. The SMILES string of the molecule is O=S(=O)(O)O.O=S(=O)(O)O.O=S(=O)(O)O.[Tb].[Y].[Y]. The molecule has 111 valence electrons. The predicted molar refractivity (Wildman–Crippen MR) is 42.5 cm³/mol. The van der Waals surface area contributed by atoms with Gasteiger partial charge in [0, 0.05) is 104 Å². The van der Waals surface area contributed by atoms with Crippen molar-refractivity contribution in [3.8, 4) is 0 Å². The van der Waals surface area contributed by atoms with Gasteiger partial charge in [-0.3, -0.25) is 27.3 Å². The van der Waals surface area contributed by atoms with Crippen molar-refractivity contribution in [2.45, 2.75) is 0 Å². The van der Waals surface area contributed by atoms with Gasteiger partial charge in [0.15, 0.2) is 0 Å².